The predicted octanol–water partition coefficient (Wildman–Crippen LogP) is 3.86. The molecule has 0 saturated heterocycles. The molecule has 0 aromatic rings. The first-order valence-corrected chi connectivity index (χ1v) is 5.08. The normalized spacial score (nSPS) is 37.1. The van der Waals surface area contributed by atoms with E-state index in [1.54, 1.807) is 0 Å². The van der Waals surface area contributed by atoms with E-state index < -0.39 is 0 Å². The third-order valence-electron chi connectivity index (χ3n) is 3.61. The second-order valence-electron chi connectivity index (χ2n) is 4.87. The Morgan fingerprint density at radius 3 is 2.36 bits per heavy atom. The largest absolute Gasteiger partial charge is 0.0651 e. The molecule has 1 fully saturated rings. The summed E-state index contributed by atoms with van der Waals surface area (Å²) in [5.41, 5.74) is 0.617. The summed E-state index contributed by atoms with van der Waals surface area (Å²) in [4.78, 5) is 0. The molecule has 0 heteroatoms. The lowest BCUT2D eigenvalue weighted by molar-refractivity contribution is 0.0807. The molecular weight excluding hydrogens is 132 g/mol. The van der Waals surface area contributed by atoms with Gasteiger partial charge in [0.25, 0.3) is 0 Å². The molecule has 66 valence electrons. The van der Waals surface area contributed by atoms with Crippen LogP contribution in [0.15, 0.2) is 0 Å². The molecule has 0 radical (unpaired) electrons. The highest BCUT2D eigenvalue weighted by Crippen LogP contribution is 2.45. The van der Waals surface area contributed by atoms with Crippen molar-refractivity contribution in [3.63, 3.8) is 0 Å². The SMILES string of the molecule is CCC1C(C)CCCC1(C)C. The van der Waals surface area contributed by atoms with E-state index in [0.717, 1.165) is 11.8 Å². The van der Waals surface area contributed by atoms with Crippen molar-refractivity contribution in [2.24, 2.45) is 17.3 Å². The first kappa shape index (κ1) is 9.09. The maximum absolute atomic E-state index is 2.44. The van der Waals surface area contributed by atoms with Gasteiger partial charge < -0.3 is 0 Å². The molecule has 1 saturated carbocycles. The van der Waals surface area contributed by atoms with Gasteiger partial charge in [-0.05, 0) is 23.7 Å². The fourth-order valence-corrected chi connectivity index (χ4v) is 2.99. The molecule has 0 aromatic carbocycles. The van der Waals surface area contributed by atoms with E-state index in [1.807, 2.05) is 0 Å². The highest BCUT2D eigenvalue weighted by Gasteiger charge is 2.34. The highest BCUT2D eigenvalue weighted by atomic mass is 14.4. The minimum Gasteiger partial charge on any atom is -0.0651 e. The van der Waals surface area contributed by atoms with Crippen molar-refractivity contribution in [2.75, 3.05) is 0 Å². The van der Waals surface area contributed by atoms with E-state index >= 15 is 0 Å². The minimum absolute atomic E-state index is 0.617. The van der Waals surface area contributed by atoms with Crippen LogP contribution in [0.5, 0.6) is 0 Å². The lowest BCUT2D eigenvalue weighted by atomic mass is 9.63. The van der Waals surface area contributed by atoms with Gasteiger partial charge in [0.05, 0.1) is 0 Å². The molecule has 1 aliphatic carbocycles. The molecule has 0 bridgehead atoms. The van der Waals surface area contributed by atoms with Crippen molar-refractivity contribution in [3.05, 3.63) is 0 Å². The van der Waals surface area contributed by atoms with Crippen molar-refractivity contribution >= 4 is 0 Å². The van der Waals surface area contributed by atoms with Crippen LogP contribution >= 0.6 is 0 Å². The average Bonchev–Trinajstić information content (AvgIpc) is 1.86. The molecule has 1 rings (SSSR count). The Morgan fingerprint density at radius 1 is 1.36 bits per heavy atom. The molecule has 2 atom stereocenters. The Hall–Kier alpha value is 0. The topological polar surface area (TPSA) is 0 Å². The second kappa shape index (κ2) is 3.16. The standard InChI is InChI=1S/C11H22/c1-5-10-9(2)7-6-8-11(10,3)4/h9-10H,5-8H2,1-4H3. The van der Waals surface area contributed by atoms with Gasteiger partial charge in [0, 0.05) is 0 Å². The lowest BCUT2D eigenvalue weighted by Gasteiger charge is -2.42. The minimum atomic E-state index is 0.617. The monoisotopic (exact) mass is 154 g/mol. The first-order chi connectivity index (χ1) is 5.08. The van der Waals surface area contributed by atoms with Gasteiger partial charge in [0.1, 0.15) is 0 Å². The Bertz CT molecular complexity index is 124. The van der Waals surface area contributed by atoms with Crippen molar-refractivity contribution in [3.8, 4) is 0 Å². The van der Waals surface area contributed by atoms with Gasteiger partial charge in [0.2, 0.25) is 0 Å². The zero-order valence-electron chi connectivity index (χ0n) is 8.48. The van der Waals surface area contributed by atoms with Gasteiger partial charge in [-0.2, -0.15) is 0 Å². The van der Waals surface area contributed by atoms with Crippen LogP contribution < -0.4 is 0 Å². The molecule has 0 spiro atoms. The zero-order valence-corrected chi connectivity index (χ0v) is 8.48. The van der Waals surface area contributed by atoms with Crippen molar-refractivity contribution in [2.45, 2.75) is 53.4 Å². The van der Waals surface area contributed by atoms with Crippen LogP contribution in [0.1, 0.15) is 53.4 Å². The molecule has 0 N–H and O–H groups in total. The zero-order chi connectivity index (χ0) is 8.48. The molecule has 1 aliphatic rings. The summed E-state index contributed by atoms with van der Waals surface area (Å²) in [6.45, 7) is 9.65. The molecular formula is C11H22. The van der Waals surface area contributed by atoms with E-state index in [9.17, 15) is 0 Å². The predicted molar refractivity (Wildman–Crippen MR) is 50.6 cm³/mol. The van der Waals surface area contributed by atoms with Gasteiger partial charge >= 0.3 is 0 Å². The van der Waals surface area contributed by atoms with Crippen LogP contribution in [-0.2, 0) is 0 Å². The Balaban J connectivity index is 2.64. The van der Waals surface area contributed by atoms with Crippen LogP contribution in [0.4, 0.5) is 0 Å². The molecule has 0 heterocycles. The summed E-state index contributed by atoms with van der Waals surface area (Å²) in [5.74, 6) is 1.93. The Kier molecular flexibility index (Phi) is 2.61. The van der Waals surface area contributed by atoms with E-state index in [1.165, 1.54) is 25.7 Å². The second-order valence-corrected chi connectivity index (χ2v) is 4.87. The van der Waals surface area contributed by atoms with Crippen LogP contribution in [-0.4, -0.2) is 0 Å². The van der Waals surface area contributed by atoms with Crippen LogP contribution in [0.3, 0.4) is 0 Å². The van der Waals surface area contributed by atoms with Gasteiger partial charge in [-0.1, -0.05) is 47.0 Å². The molecule has 0 aliphatic heterocycles. The first-order valence-electron chi connectivity index (χ1n) is 5.08. The fraction of sp³-hybridized carbons (Fsp3) is 1.00. The van der Waals surface area contributed by atoms with E-state index in [0.29, 0.717) is 5.41 Å². The van der Waals surface area contributed by atoms with Crippen molar-refractivity contribution < 1.29 is 0 Å². The van der Waals surface area contributed by atoms with Crippen molar-refractivity contribution in [1.29, 1.82) is 0 Å². The average molecular weight is 154 g/mol. The van der Waals surface area contributed by atoms with Crippen LogP contribution in [0, 0.1) is 17.3 Å². The smallest absolute Gasteiger partial charge is 0.0323 e. The quantitative estimate of drug-likeness (QED) is 0.538. The summed E-state index contributed by atoms with van der Waals surface area (Å²) in [7, 11) is 0. The number of hydrogen-bond acceptors (Lipinski definition) is 0. The Morgan fingerprint density at radius 2 is 2.00 bits per heavy atom. The van der Waals surface area contributed by atoms with E-state index in [2.05, 4.69) is 27.7 Å². The maximum Gasteiger partial charge on any atom is -0.0323 e. The summed E-state index contributed by atoms with van der Waals surface area (Å²) >= 11 is 0. The summed E-state index contributed by atoms with van der Waals surface area (Å²) in [6.07, 6.45) is 5.72. The van der Waals surface area contributed by atoms with Gasteiger partial charge in [-0.15, -0.1) is 0 Å². The van der Waals surface area contributed by atoms with Gasteiger partial charge in [0.15, 0.2) is 0 Å². The van der Waals surface area contributed by atoms with E-state index in [4.69, 9.17) is 0 Å². The lowest BCUT2D eigenvalue weighted by Crippen LogP contribution is -2.32. The van der Waals surface area contributed by atoms with Crippen LogP contribution in [0.25, 0.3) is 0 Å². The summed E-state index contributed by atoms with van der Waals surface area (Å²) < 4.78 is 0. The van der Waals surface area contributed by atoms with Crippen molar-refractivity contribution in [1.82, 2.24) is 0 Å². The highest BCUT2D eigenvalue weighted by molar-refractivity contribution is 4.85. The van der Waals surface area contributed by atoms with Gasteiger partial charge in [-0.3, -0.25) is 0 Å². The number of hydrogen-bond donors (Lipinski definition) is 0. The van der Waals surface area contributed by atoms with E-state index in [-0.39, 0.29) is 0 Å². The molecule has 2 unspecified atom stereocenters. The summed E-state index contributed by atoms with van der Waals surface area (Å²) in [6, 6.07) is 0. The number of rotatable bonds is 1. The maximum atomic E-state index is 2.44. The molecule has 0 amide bonds. The van der Waals surface area contributed by atoms with Gasteiger partial charge in [-0.25, -0.2) is 0 Å². The fourth-order valence-electron chi connectivity index (χ4n) is 2.99. The Labute approximate surface area is 71.4 Å². The third-order valence-corrected chi connectivity index (χ3v) is 3.61. The molecule has 0 aromatic heterocycles. The summed E-state index contributed by atoms with van der Waals surface area (Å²) in [5, 5.41) is 0. The van der Waals surface area contributed by atoms with Crippen LogP contribution in [0.2, 0.25) is 0 Å². The molecule has 11 heavy (non-hydrogen) atoms. The third kappa shape index (κ3) is 1.77. The molecule has 0 nitrogen and oxygen atoms in total.